The van der Waals surface area contributed by atoms with Crippen molar-refractivity contribution in [1.82, 2.24) is 0 Å². The Morgan fingerprint density at radius 3 is 2.86 bits per heavy atom. The van der Waals surface area contributed by atoms with Crippen LogP contribution in [0.15, 0.2) is 40.9 Å². The topological polar surface area (TPSA) is 26.3 Å². The van der Waals surface area contributed by atoms with Gasteiger partial charge in [0, 0.05) is 22.5 Å². The van der Waals surface area contributed by atoms with Gasteiger partial charge in [-0.25, -0.2) is 4.79 Å². The molecule has 0 bridgehead atoms. The molecule has 0 fully saturated rings. The van der Waals surface area contributed by atoms with Crippen molar-refractivity contribution in [3.05, 3.63) is 46.5 Å². The summed E-state index contributed by atoms with van der Waals surface area (Å²) in [6, 6.07) is 7.78. The molecule has 1 aliphatic heterocycles. The van der Waals surface area contributed by atoms with Gasteiger partial charge in [-0.3, -0.25) is 0 Å². The highest BCUT2D eigenvalue weighted by molar-refractivity contribution is 9.10. The molecule has 14 heavy (non-hydrogen) atoms. The van der Waals surface area contributed by atoms with Crippen molar-refractivity contribution in [2.45, 2.75) is 12.5 Å². The molecular formula is C11H9BrO2. The highest BCUT2D eigenvalue weighted by atomic mass is 79.9. The van der Waals surface area contributed by atoms with Crippen LogP contribution in [-0.2, 0) is 9.53 Å². The van der Waals surface area contributed by atoms with E-state index < -0.39 is 0 Å². The SMILES string of the molecule is O=C1C=CCC(c2ccccc2Br)O1. The lowest BCUT2D eigenvalue weighted by atomic mass is 10.1. The number of carbonyl (C=O) groups excluding carboxylic acids is 1. The zero-order valence-corrected chi connectivity index (χ0v) is 9.03. The maximum atomic E-state index is 11.0. The average Bonchev–Trinajstić information content (AvgIpc) is 2.18. The smallest absolute Gasteiger partial charge is 0.331 e. The number of halogens is 1. The summed E-state index contributed by atoms with van der Waals surface area (Å²) in [5, 5.41) is 0. The number of hydrogen-bond acceptors (Lipinski definition) is 2. The summed E-state index contributed by atoms with van der Waals surface area (Å²) in [6.07, 6.45) is 3.90. The van der Waals surface area contributed by atoms with Gasteiger partial charge >= 0.3 is 5.97 Å². The van der Waals surface area contributed by atoms with Crippen LogP contribution in [0.2, 0.25) is 0 Å². The van der Waals surface area contributed by atoms with Crippen LogP contribution in [0.4, 0.5) is 0 Å². The van der Waals surface area contributed by atoms with Gasteiger partial charge < -0.3 is 4.74 Å². The van der Waals surface area contributed by atoms with E-state index in [1.807, 2.05) is 30.3 Å². The van der Waals surface area contributed by atoms with Gasteiger partial charge in [0.2, 0.25) is 0 Å². The van der Waals surface area contributed by atoms with Gasteiger partial charge in [0.15, 0.2) is 0 Å². The van der Waals surface area contributed by atoms with Crippen LogP contribution in [0.25, 0.3) is 0 Å². The molecule has 1 heterocycles. The van der Waals surface area contributed by atoms with E-state index >= 15 is 0 Å². The normalized spacial score (nSPS) is 20.6. The molecule has 0 saturated heterocycles. The predicted molar refractivity (Wildman–Crippen MR) is 56.7 cm³/mol. The van der Waals surface area contributed by atoms with E-state index in [-0.39, 0.29) is 12.1 Å². The molecular weight excluding hydrogens is 244 g/mol. The van der Waals surface area contributed by atoms with Crippen molar-refractivity contribution in [3.63, 3.8) is 0 Å². The number of hydrogen-bond donors (Lipinski definition) is 0. The number of rotatable bonds is 1. The fraction of sp³-hybridized carbons (Fsp3) is 0.182. The molecule has 1 unspecified atom stereocenters. The van der Waals surface area contributed by atoms with Gasteiger partial charge in [-0.05, 0) is 6.07 Å². The van der Waals surface area contributed by atoms with Gasteiger partial charge in [-0.15, -0.1) is 0 Å². The van der Waals surface area contributed by atoms with Crippen LogP contribution < -0.4 is 0 Å². The molecule has 0 spiro atoms. The number of carbonyl (C=O) groups is 1. The maximum Gasteiger partial charge on any atom is 0.331 e. The van der Waals surface area contributed by atoms with E-state index in [2.05, 4.69) is 15.9 Å². The summed E-state index contributed by atoms with van der Waals surface area (Å²) in [5.74, 6) is -0.267. The van der Waals surface area contributed by atoms with Gasteiger partial charge in [-0.2, -0.15) is 0 Å². The van der Waals surface area contributed by atoms with Crippen LogP contribution in [0, 0.1) is 0 Å². The van der Waals surface area contributed by atoms with Crippen LogP contribution in [0.5, 0.6) is 0 Å². The highest BCUT2D eigenvalue weighted by Gasteiger charge is 2.19. The Bertz CT molecular complexity index is 385. The molecule has 2 rings (SSSR count). The van der Waals surface area contributed by atoms with Crippen molar-refractivity contribution in [1.29, 1.82) is 0 Å². The summed E-state index contributed by atoms with van der Waals surface area (Å²) in [4.78, 5) is 11.0. The van der Waals surface area contributed by atoms with E-state index in [0.717, 1.165) is 16.5 Å². The summed E-state index contributed by atoms with van der Waals surface area (Å²) in [7, 11) is 0. The molecule has 1 atom stereocenters. The molecule has 2 nitrogen and oxygen atoms in total. The van der Waals surface area contributed by atoms with Crippen LogP contribution in [0.3, 0.4) is 0 Å². The second-order valence-corrected chi connectivity index (χ2v) is 3.94. The molecule has 72 valence electrons. The Hall–Kier alpha value is -1.09. The second-order valence-electron chi connectivity index (χ2n) is 3.09. The van der Waals surface area contributed by atoms with Gasteiger partial charge in [0.05, 0.1) is 0 Å². The standard InChI is InChI=1S/C11H9BrO2/c12-9-5-2-1-4-8(9)10-6-3-7-11(13)14-10/h1-5,7,10H,6H2. The van der Waals surface area contributed by atoms with Crippen molar-refractivity contribution in [2.24, 2.45) is 0 Å². The van der Waals surface area contributed by atoms with Crippen LogP contribution >= 0.6 is 15.9 Å². The molecule has 0 amide bonds. The lowest BCUT2D eigenvalue weighted by Crippen LogP contribution is -2.13. The number of benzene rings is 1. The third-order valence-electron chi connectivity index (χ3n) is 2.11. The van der Waals surface area contributed by atoms with Crippen molar-refractivity contribution >= 4 is 21.9 Å². The van der Waals surface area contributed by atoms with E-state index in [1.54, 1.807) is 0 Å². The van der Waals surface area contributed by atoms with E-state index in [9.17, 15) is 4.79 Å². The van der Waals surface area contributed by atoms with Gasteiger partial charge in [-0.1, -0.05) is 40.2 Å². The second kappa shape index (κ2) is 3.96. The van der Waals surface area contributed by atoms with Gasteiger partial charge in [0.1, 0.15) is 6.10 Å². The number of esters is 1. The zero-order valence-electron chi connectivity index (χ0n) is 7.44. The first kappa shape index (κ1) is 9.46. The molecule has 0 radical (unpaired) electrons. The van der Waals surface area contributed by atoms with Crippen molar-refractivity contribution < 1.29 is 9.53 Å². The molecule has 0 saturated carbocycles. The first-order valence-electron chi connectivity index (χ1n) is 4.39. The van der Waals surface area contributed by atoms with E-state index in [4.69, 9.17) is 4.74 Å². The minimum atomic E-state index is -0.267. The molecule has 0 aromatic heterocycles. The highest BCUT2D eigenvalue weighted by Crippen LogP contribution is 2.30. The van der Waals surface area contributed by atoms with Crippen LogP contribution in [0.1, 0.15) is 18.1 Å². The van der Waals surface area contributed by atoms with E-state index in [1.165, 1.54) is 6.08 Å². The summed E-state index contributed by atoms with van der Waals surface area (Å²) < 4.78 is 6.18. The average molecular weight is 253 g/mol. The first-order valence-corrected chi connectivity index (χ1v) is 5.18. The van der Waals surface area contributed by atoms with Crippen molar-refractivity contribution in [3.8, 4) is 0 Å². The Morgan fingerprint density at radius 1 is 1.36 bits per heavy atom. The zero-order chi connectivity index (χ0) is 9.97. The minimum absolute atomic E-state index is 0.150. The molecule has 0 aliphatic carbocycles. The third-order valence-corrected chi connectivity index (χ3v) is 2.84. The molecule has 1 aliphatic rings. The quantitative estimate of drug-likeness (QED) is 0.719. The van der Waals surface area contributed by atoms with Gasteiger partial charge in [0.25, 0.3) is 0 Å². The summed E-state index contributed by atoms with van der Waals surface area (Å²) in [5.41, 5.74) is 1.02. The fourth-order valence-electron chi connectivity index (χ4n) is 1.44. The Labute approximate surface area is 90.7 Å². The van der Waals surface area contributed by atoms with E-state index in [0.29, 0.717) is 0 Å². The Morgan fingerprint density at radius 2 is 2.14 bits per heavy atom. The number of cyclic esters (lactones) is 1. The first-order chi connectivity index (χ1) is 6.77. The molecule has 1 aromatic rings. The number of ether oxygens (including phenoxy) is 1. The monoisotopic (exact) mass is 252 g/mol. The largest absolute Gasteiger partial charge is 0.454 e. The molecule has 0 N–H and O–H groups in total. The summed E-state index contributed by atoms with van der Waals surface area (Å²) >= 11 is 3.44. The predicted octanol–water partition coefficient (Wildman–Crippen LogP) is 2.99. The fourth-order valence-corrected chi connectivity index (χ4v) is 1.98. The lowest BCUT2D eigenvalue weighted by Gasteiger charge is -2.19. The Balaban J connectivity index is 2.28. The van der Waals surface area contributed by atoms with Crippen molar-refractivity contribution in [2.75, 3.05) is 0 Å². The molecule has 1 aromatic carbocycles. The lowest BCUT2D eigenvalue weighted by molar-refractivity contribution is -0.144. The minimum Gasteiger partial charge on any atom is -0.454 e. The Kier molecular flexibility index (Phi) is 2.68. The summed E-state index contributed by atoms with van der Waals surface area (Å²) in [6.45, 7) is 0. The third kappa shape index (κ3) is 1.87. The molecule has 3 heteroatoms. The maximum absolute atomic E-state index is 11.0. The van der Waals surface area contributed by atoms with Crippen LogP contribution in [-0.4, -0.2) is 5.97 Å².